The van der Waals surface area contributed by atoms with E-state index in [0.29, 0.717) is 27.2 Å². The summed E-state index contributed by atoms with van der Waals surface area (Å²) in [6.45, 7) is 0. The molecule has 1 aliphatic rings. The average Bonchev–Trinajstić information content (AvgIpc) is 2.87. The number of aryl methyl sites for hydroxylation is 2. The highest BCUT2D eigenvalue weighted by Gasteiger charge is 2.18. The minimum Gasteiger partial charge on any atom is -0.454 e. The van der Waals surface area contributed by atoms with Crippen molar-refractivity contribution in [1.29, 1.82) is 0 Å². The molecule has 0 aromatic heterocycles. The van der Waals surface area contributed by atoms with Gasteiger partial charge in [-0.1, -0.05) is 23.2 Å². The molecular formula is C16H15Cl2NO3S. The van der Waals surface area contributed by atoms with Crippen LogP contribution in [0.2, 0.25) is 10.0 Å². The molecule has 4 nitrogen and oxygen atoms in total. The van der Waals surface area contributed by atoms with E-state index in [1.54, 1.807) is 18.2 Å². The molecule has 0 bridgehead atoms. The third kappa shape index (κ3) is 3.91. The number of nitrogens with one attached hydrogen (secondary N) is 1. The number of ether oxygens (including phenoxy) is 1. The number of halogens is 2. The van der Waals surface area contributed by atoms with Gasteiger partial charge in [-0.05, 0) is 60.7 Å². The molecule has 0 heterocycles. The van der Waals surface area contributed by atoms with Crippen LogP contribution in [-0.2, 0) is 22.9 Å². The largest absolute Gasteiger partial charge is 0.454 e. The van der Waals surface area contributed by atoms with E-state index in [0.717, 1.165) is 31.1 Å². The molecule has 0 spiro atoms. The van der Waals surface area contributed by atoms with Gasteiger partial charge >= 0.3 is 0 Å². The first kappa shape index (κ1) is 16.4. The summed E-state index contributed by atoms with van der Waals surface area (Å²) < 4.78 is 31.6. The lowest BCUT2D eigenvalue weighted by atomic mass is 10.1. The lowest BCUT2D eigenvalue weighted by molar-refractivity contribution is 0.484. The summed E-state index contributed by atoms with van der Waals surface area (Å²) in [5.74, 6) is 0.853. The highest BCUT2D eigenvalue weighted by molar-refractivity contribution is 7.92. The Morgan fingerprint density at radius 3 is 2.39 bits per heavy atom. The van der Waals surface area contributed by atoms with E-state index in [1.807, 2.05) is 12.1 Å². The molecule has 0 amide bonds. The zero-order valence-corrected chi connectivity index (χ0v) is 14.7. The molecule has 0 aliphatic heterocycles. The third-order valence-corrected chi connectivity index (χ3v) is 4.72. The first-order valence-electron chi connectivity index (χ1n) is 7.08. The Hall–Kier alpha value is -1.43. The molecular weight excluding hydrogens is 357 g/mol. The number of sulfonamides is 1. The Labute approximate surface area is 145 Å². The van der Waals surface area contributed by atoms with Gasteiger partial charge in [0, 0.05) is 5.02 Å². The Kier molecular flexibility index (Phi) is 4.45. The van der Waals surface area contributed by atoms with E-state index in [2.05, 4.69) is 4.72 Å². The number of rotatable bonds is 4. The van der Waals surface area contributed by atoms with Crippen molar-refractivity contribution in [2.75, 3.05) is 11.0 Å². The summed E-state index contributed by atoms with van der Waals surface area (Å²) in [7, 11) is -3.41. The molecule has 1 aliphatic carbocycles. The molecule has 0 atom stereocenters. The highest BCUT2D eigenvalue weighted by Crippen LogP contribution is 2.39. The summed E-state index contributed by atoms with van der Waals surface area (Å²) in [6.07, 6.45) is 4.06. The number of hydrogen-bond acceptors (Lipinski definition) is 3. The summed E-state index contributed by atoms with van der Waals surface area (Å²) in [5.41, 5.74) is 2.73. The first-order valence-corrected chi connectivity index (χ1v) is 9.73. The monoisotopic (exact) mass is 371 g/mol. The fourth-order valence-electron chi connectivity index (χ4n) is 2.64. The van der Waals surface area contributed by atoms with Crippen LogP contribution in [0.1, 0.15) is 17.5 Å². The van der Waals surface area contributed by atoms with Crippen molar-refractivity contribution in [2.24, 2.45) is 0 Å². The van der Waals surface area contributed by atoms with Gasteiger partial charge in [0.1, 0.15) is 5.75 Å². The van der Waals surface area contributed by atoms with Gasteiger partial charge in [0.05, 0.1) is 17.0 Å². The van der Waals surface area contributed by atoms with Crippen LogP contribution in [0.5, 0.6) is 11.5 Å². The molecule has 1 N–H and O–H groups in total. The molecule has 0 unspecified atom stereocenters. The number of fused-ring (bicyclic) bond motifs is 1. The van der Waals surface area contributed by atoms with Crippen molar-refractivity contribution in [3.05, 3.63) is 51.5 Å². The smallest absolute Gasteiger partial charge is 0.229 e. The zero-order valence-electron chi connectivity index (χ0n) is 12.4. The maximum absolute atomic E-state index is 11.6. The molecule has 0 saturated heterocycles. The minimum atomic E-state index is -3.41. The van der Waals surface area contributed by atoms with Crippen molar-refractivity contribution < 1.29 is 13.2 Å². The number of benzene rings is 2. The lowest BCUT2D eigenvalue weighted by Gasteiger charge is -2.15. The van der Waals surface area contributed by atoms with E-state index in [9.17, 15) is 8.42 Å². The minimum absolute atomic E-state index is 0.364. The Morgan fingerprint density at radius 2 is 1.74 bits per heavy atom. The number of hydrogen-bond donors (Lipinski definition) is 1. The van der Waals surface area contributed by atoms with Crippen LogP contribution in [0.4, 0.5) is 5.69 Å². The molecule has 2 aromatic carbocycles. The molecule has 0 radical (unpaired) electrons. The molecule has 2 aromatic rings. The van der Waals surface area contributed by atoms with Gasteiger partial charge in [0.2, 0.25) is 10.0 Å². The molecule has 7 heteroatoms. The Balaban J connectivity index is 2.02. The van der Waals surface area contributed by atoms with Crippen molar-refractivity contribution >= 4 is 38.9 Å². The van der Waals surface area contributed by atoms with Gasteiger partial charge in [0.15, 0.2) is 5.75 Å². The molecule has 3 rings (SSSR count). The van der Waals surface area contributed by atoms with Gasteiger partial charge in [-0.2, -0.15) is 0 Å². The van der Waals surface area contributed by atoms with Crippen LogP contribution in [0.25, 0.3) is 0 Å². The second-order valence-electron chi connectivity index (χ2n) is 5.52. The van der Waals surface area contributed by atoms with E-state index in [-0.39, 0.29) is 0 Å². The molecule has 23 heavy (non-hydrogen) atoms. The van der Waals surface area contributed by atoms with E-state index in [4.69, 9.17) is 27.9 Å². The van der Waals surface area contributed by atoms with Crippen LogP contribution >= 0.6 is 23.2 Å². The van der Waals surface area contributed by atoms with Crippen LogP contribution in [-0.4, -0.2) is 14.7 Å². The highest BCUT2D eigenvalue weighted by atomic mass is 35.5. The summed E-state index contributed by atoms with van der Waals surface area (Å²) in [4.78, 5) is 0. The van der Waals surface area contributed by atoms with Gasteiger partial charge in [-0.15, -0.1) is 0 Å². The van der Waals surface area contributed by atoms with Crippen LogP contribution in [0, 0.1) is 0 Å². The summed E-state index contributed by atoms with van der Waals surface area (Å²) >= 11 is 12.0. The maximum atomic E-state index is 11.6. The standard InChI is InChI=1S/C16H15Cl2NO3S/c1-23(20,21)19-14-7-10-3-2-4-11(10)8-16(14)22-15-6-5-12(17)9-13(15)18/h5-9,19H,2-4H2,1H3. The lowest BCUT2D eigenvalue weighted by Crippen LogP contribution is -2.11. The van der Waals surface area contributed by atoms with E-state index >= 15 is 0 Å². The van der Waals surface area contributed by atoms with Crippen molar-refractivity contribution in [1.82, 2.24) is 0 Å². The van der Waals surface area contributed by atoms with Crippen LogP contribution in [0.3, 0.4) is 0 Å². The topological polar surface area (TPSA) is 55.4 Å². The fraction of sp³-hybridized carbons (Fsp3) is 0.250. The number of anilines is 1. The summed E-state index contributed by atoms with van der Waals surface area (Å²) in [5, 5.41) is 0.870. The predicted octanol–water partition coefficient (Wildman–Crippen LogP) is 4.65. The average molecular weight is 372 g/mol. The second kappa shape index (κ2) is 6.23. The molecule has 122 valence electrons. The second-order valence-corrected chi connectivity index (χ2v) is 8.11. The SMILES string of the molecule is CS(=O)(=O)Nc1cc2c(cc1Oc1ccc(Cl)cc1Cl)CCC2. The quantitative estimate of drug-likeness (QED) is 0.850. The first-order chi connectivity index (χ1) is 10.8. The van der Waals surface area contributed by atoms with Gasteiger partial charge < -0.3 is 4.74 Å². The van der Waals surface area contributed by atoms with Crippen molar-refractivity contribution in [3.63, 3.8) is 0 Å². The van der Waals surface area contributed by atoms with E-state index < -0.39 is 10.0 Å². The summed E-state index contributed by atoms with van der Waals surface area (Å²) in [6, 6.07) is 8.61. The van der Waals surface area contributed by atoms with Gasteiger partial charge in [0.25, 0.3) is 0 Å². The molecule has 0 saturated carbocycles. The Morgan fingerprint density at radius 1 is 1.04 bits per heavy atom. The van der Waals surface area contributed by atoms with Crippen LogP contribution in [0.15, 0.2) is 30.3 Å². The normalized spacial score (nSPS) is 13.7. The van der Waals surface area contributed by atoms with Gasteiger partial charge in [-0.25, -0.2) is 8.42 Å². The Bertz CT molecular complexity index is 866. The molecule has 0 fully saturated rings. The third-order valence-electron chi connectivity index (χ3n) is 3.60. The predicted molar refractivity (Wildman–Crippen MR) is 93.5 cm³/mol. The van der Waals surface area contributed by atoms with Crippen LogP contribution < -0.4 is 9.46 Å². The van der Waals surface area contributed by atoms with Crippen molar-refractivity contribution in [3.8, 4) is 11.5 Å². The fourth-order valence-corrected chi connectivity index (χ4v) is 3.65. The van der Waals surface area contributed by atoms with Gasteiger partial charge in [-0.3, -0.25) is 4.72 Å². The zero-order chi connectivity index (χ0) is 16.6. The van der Waals surface area contributed by atoms with E-state index in [1.165, 1.54) is 5.56 Å². The van der Waals surface area contributed by atoms with Crippen molar-refractivity contribution in [2.45, 2.75) is 19.3 Å². The maximum Gasteiger partial charge on any atom is 0.229 e.